The molecule has 5 rings (SSSR count). The number of aliphatic hydroxyl groups is 1. The summed E-state index contributed by atoms with van der Waals surface area (Å²) >= 11 is 0. The smallest absolute Gasteiger partial charge is 1.00 e. The molecule has 0 bridgehead atoms. The molecule has 3 aliphatic rings. The quantitative estimate of drug-likeness (QED) is 0.0502. The van der Waals surface area contributed by atoms with Crippen LogP contribution in [0.25, 0.3) is 9.69 Å². The van der Waals surface area contributed by atoms with Crippen LogP contribution in [0.4, 0.5) is 8.78 Å². The van der Waals surface area contributed by atoms with Gasteiger partial charge in [-0.15, -0.1) is 0 Å². The Morgan fingerprint density at radius 2 is 1.41 bits per heavy atom. The Labute approximate surface area is 457 Å². The Hall–Kier alpha value is -1.78. The number of esters is 2. The van der Waals surface area contributed by atoms with Crippen LogP contribution >= 0.6 is 0 Å². The Kier molecular flexibility index (Phi) is 26.1. The molecule has 0 radical (unpaired) electrons. The summed E-state index contributed by atoms with van der Waals surface area (Å²) in [6, 6.07) is 9.79. The van der Waals surface area contributed by atoms with E-state index >= 15 is 0 Å². The van der Waals surface area contributed by atoms with Gasteiger partial charge in [-0.2, -0.15) is 0 Å². The molecule has 2 aliphatic carbocycles. The van der Waals surface area contributed by atoms with E-state index in [1.807, 2.05) is 6.07 Å². The third kappa shape index (κ3) is 17.8. The Morgan fingerprint density at radius 3 is 1.86 bits per heavy atom. The number of aryl methyl sites for hydroxylation is 2. The molecule has 12 nitrogen and oxygen atoms in total. The first kappa shape index (κ1) is 59.2. The first-order valence-electron chi connectivity index (χ1n) is 21.0. The maximum Gasteiger partial charge on any atom is 1.00 e. The van der Waals surface area contributed by atoms with Gasteiger partial charge in [0, 0.05) is 40.5 Å². The van der Waals surface area contributed by atoms with E-state index in [0.717, 1.165) is 56.9 Å². The van der Waals surface area contributed by atoms with Crippen molar-refractivity contribution in [2.45, 2.75) is 160 Å². The van der Waals surface area contributed by atoms with Crippen LogP contribution in [0.5, 0.6) is 0 Å². The van der Waals surface area contributed by atoms with Crippen molar-refractivity contribution in [3.63, 3.8) is 0 Å². The normalized spacial score (nSPS) is 18.5. The van der Waals surface area contributed by atoms with Crippen LogP contribution in [0.15, 0.2) is 36.4 Å². The fraction of sp³-hybridized carbons (Fsp3) is 0.596. The van der Waals surface area contributed by atoms with Crippen molar-refractivity contribution >= 4 is 30.0 Å². The van der Waals surface area contributed by atoms with Gasteiger partial charge in [0.25, 0.3) is 17.6 Å². The summed E-state index contributed by atoms with van der Waals surface area (Å²) in [5, 5.41) is 19.8. The topological polar surface area (TPSA) is 165 Å². The molecule has 1 saturated heterocycles. The van der Waals surface area contributed by atoms with E-state index in [1.54, 1.807) is 52.8 Å². The number of carbonyl (C=O) groups is 5. The fourth-order valence-corrected chi connectivity index (χ4v) is 8.81. The van der Waals surface area contributed by atoms with Gasteiger partial charge in [-0.25, -0.2) is 21.9 Å². The molecule has 1 heterocycles. The molecule has 2 saturated carbocycles. The van der Waals surface area contributed by atoms with Gasteiger partial charge in [0.1, 0.15) is 41.6 Å². The van der Waals surface area contributed by atoms with Gasteiger partial charge in [-0.1, -0.05) is 37.8 Å². The summed E-state index contributed by atoms with van der Waals surface area (Å²) in [6.07, 6.45) is 9.31. The van der Waals surface area contributed by atoms with E-state index in [4.69, 9.17) is 32.7 Å². The second-order valence-corrected chi connectivity index (χ2v) is 17.4. The molecule has 63 heavy (non-hydrogen) atoms. The van der Waals surface area contributed by atoms with Crippen LogP contribution in [0, 0.1) is 36.6 Å². The van der Waals surface area contributed by atoms with Crippen LogP contribution in [-0.4, -0.2) is 52.9 Å². The maximum absolute atomic E-state index is 14.6. The van der Waals surface area contributed by atoms with Gasteiger partial charge >= 0.3 is 115 Å². The Bertz CT molecular complexity index is 1940. The first-order valence-corrected chi connectivity index (χ1v) is 21.0. The standard InChI is InChI=1S/C24H32FNO4.C22H26FNO3.CH2O3.2K.H/c1-5-30-22(28)15-19(27)16-24(29,18-8-6-7-9-18)13-12-17-10-11-20(21(25)14-17)23(2,3)26-4;1-21(2,24-3)18-9-8-15(12-19(18)23)10-11-22(16-6-4-5-7-16)14-17(25)13-20(26)27-22;2-1-4-3;;;/h10-11,14,18,29H,5-9,12-13,15-16H2,1-3H3;8-9,12,16H,4-7,10-11,13-14H2,1-2H3;1,3H;;;/q;;;2*+1;-1/p-1/t24-;22-;;;;/m11..../s1. The first-order chi connectivity index (χ1) is 28.8. The van der Waals surface area contributed by atoms with Crippen LogP contribution < -0.4 is 108 Å². The zero-order valence-corrected chi connectivity index (χ0v) is 44.2. The van der Waals surface area contributed by atoms with Gasteiger partial charge in [-0.3, -0.25) is 24.0 Å². The minimum atomic E-state index is -1.22. The van der Waals surface area contributed by atoms with Gasteiger partial charge in [0.15, 0.2) is 0 Å². The molecule has 0 spiro atoms. The molecular formula is C47H60F2K2N2O10. The number of ether oxygens (including phenoxy) is 2. The van der Waals surface area contributed by atoms with E-state index in [-0.39, 0.29) is 172 Å². The van der Waals surface area contributed by atoms with Crippen LogP contribution in [-0.2, 0) is 62.3 Å². The van der Waals surface area contributed by atoms with E-state index in [2.05, 4.69) is 14.6 Å². The summed E-state index contributed by atoms with van der Waals surface area (Å²) in [5.41, 5.74) is -1.57. The molecule has 1 aliphatic heterocycles. The molecule has 0 unspecified atom stereocenters. The van der Waals surface area contributed by atoms with Crippen molar-refractivity contribution in [1.29, 1.82) is 0 Å². The maximum atomic E-state index is 14.6. The third-order valence-electron chi connectivity index (χ3n) is 12.2. The minimum absolute atomic E-state index is 0. The third-order valence-corrected chi connectivity index (χ3v) is 12.2. The number of Topliss-reactive ketones (excluding diaryl/α,β-unsaturated/α-hetero) is 2. The molecule has 2 atom stereocenters. The largest absolute Gasteiger partial charge is 1.00 e. The van der Waals surface area contributed by atoms with E-state index in [0.29, 0.717) is 42.4 Å². The monoisotopic (exact) mass is 928 g/mol. The van der Waals surface area contributed by atoms with Gasteiger partial charge in [0.2, 0.25) is 0 Å². The molecule has 0 aromatic heterocycles. The van der Waals surface area contributed by atoms with Crippen molar-refractivity contribution < 1.29 is 162 Å². The summed E-state index contributed by atoms with van der Waals surface area (Å²) in [7, 11) is 0. The molecule has 0 amide bonds. The van der Waals surface area contributed by atoms with Crippen molar-refractivity contribution in [2.75, 3.05) is 6.61 Å². The molecule has 2 aromatic rings. The number of nitrogens with zero attached hydrogens (tertiary/aromatic N) is 2. The van der Waals surface area contributed by atoms with Gasteiger partial charge in [-0.05, 0) is 106 Å². The number of carbonyl (C=O) groups excluding carboxylic acids is 5. The zero-order valence-electron chi connectivity index (χ0n) is 39.0. The molecule has 2 aromatic carbocycles. The number of halogens is 2. The summed E-state index contributed by atoms with van der Waals surface area (Å²) < 4.78 is 39.7. The summed E-state index contributed by atoms with van der Waals surface area (Å²) in [5.74, 6) is -2.02. The van der Waals surface area contributed by atoms with Crippen molar-refractivity contribution in [3.8, 4) is 0 Å². The Morgan fingerprint density at radius 1 is 0.921 bits per heavy atom. The number of ketones is 2. The van der Waals surface area contributed by atoms with Crippen molar-refractivity contribution in [2.24, 2.45) is 11.8 Å². The molecule has 16 heteroatoms. The number of benzene rings is 2. The second kappa shape index (κ2) is 27.8. The summed E-state index contributed by atoms with van der Waals surface area (Å²) in [6.45, 7) is 22.9. The molecule has 3 fully saturated rings. The SMILES string of the molecule is O=CO[O-].[C-]#[N+]C(C)(C)c1ccc(CC[C@@](O)(CC(=O)CC(=O)OCC)C2CCCC2)cc1F.[C-]#[N+]C(C)(C)c1ccc(CC[C@]2(C3CCCC3)CC(=O)CC(=O)O2)cc1F.[H-].[K+].[K+]. The average Bonchev–Trinajstić information content (AvgIpc) is 3.96. The number of hydrogen-bond donors (Lipinski definition) is 1. The van der Waals surface area contributed by atoms with Gasteiger partial charge < -0.3 is 35.8 Å². The van der Waals surface area contributed by atoms with Crippen LogP contribution in [0.3, 0.4) is 0 Å². The van der Waals surface area contributed by atoms with Crippen molar-refractivity contribution in [3.05, 3.63) is 93.1 Å². The zero-order chi connectivity index (χ0) is 45.4. The van der Waals surface area contributed by atoms with Gasteiger partial charge in [0.05, 0.1) is 23.3 Å². The van der Waals surface area contributed by atoms with E-state index in [1.165, 1.54) is 12.1 Å². The molecule has 334 valence electrons. The average molecular weight is 929 g/mol. The van der Waals surface area contributed by atoms with E-state index in [9.17, 15) is 33.1 Å². The van der Waals surface area contributed by atoms with Crippen LogP contribution in [0.2, 0.25) is 0 Å². The summed E-state index contributed by atoms with van der Waals surface area (Å²) in [4.78, 5) is 66.3. The van der Waals surface area contributed by atoms with E-state index < -0.39 is 40.0 Å². The predicted octanol–water partition coefficient (Wildman–Crippen LogP) is 2.05. The van der Waals surface area contributed by atoms with Crippen LogP contribution in [0.1, 0.15) is 148 Å². The fourth-order valence-electron chi connectivity index (χ4n) is 8.81. The second-order valence-electron chi connectivity index (χ2n) is 17.4. The molecular weight excluding hydrogens is 869 g/mol. The van der Waals surface area contributed by atoms with Crippen molar-refractivity contribution in [1.82, 2.24) is 0 Å². The number of hydrogen-bond acceptors (Lipinski definition) is 10. The minimum Gasteiger partial charge on any atom is -1.00 e. The predicted molar refractivity (Wildman–Crippen MR) is 220 cm³/mol. The Balaban J connectivity index is 0.00000110. The number of rotatable bonds is 16. The molecule has 1 N–H and O–H groups in total. The number of cyclic esters (lactones) is 1.